The summed E-state index contributed by atoms with van der Waals surface area (Å²) < 4.78 is 26.6. The summed E-state index contributed by atoms with van der Waals surface area (Å²) in [6.45, 7) is 0.946. The largest absolute Gasteiger partial charge is 0.354 e. The Labute approximate surface area is 146 Å². The third-order valence-corrected chi connectivity index (χ3v) is 5.69. The first-order valence-corrected chi connectivity index (χ1v) is 9.90. The molecule has 0 unspecified atom stereocenters. The van der Waals surface area contributed by atoms with Gasteiger partial charge in [-0.15, -0.1) is 0 Å². The maximum absolute atomic E-state index is 12.2. The molecular weight excluding hydrogens is 342 g/mol. The highest BCUT2D eigenvalue weighted by molar-refractivity contribution is 7.88. The van der Waals surface area contributed by atoms with E-state index < -0.39 is 10.0 Å². The number of nitrogens with zero attached hydrogens (tertiary/aromatic N) is 4. The van der Waals surface area contributed by atoms with Crippen LogP contribution in [0.15, 0.2) is 35.4 Å². The lowest BCUT2D eigenvalue weighted by Crippen LogP contribution is -2.39. The van der Waals surface area contributed by atoms with Crippen LogP contribution in [0, 0.1) is 0 Å². The normalized spacial score (nSPS) is 18.4. The van der Waals surface area contributed by atoms with Crippen molar-refractivity contribution in [3.8, 4) is 11.3 Å². The Morgan fingerprint density at radius 2 is 2.04 bits per heavy atom. The molecule has 0 spiro atoms. The molecule has 8 nitrogen and oxygen atoms in total. The zero-order valence-electron chi connectivity index (χ0n) is 14.2. The molecule has 0 bridgehead atoms. The van der Waals surface area contributed by atoms with Crippen molar-refractivity contribution in [1.29, 1.82) is 0 Å². The molecule has 0 radical (unpaired) electrons. The van der Waals surface area contributed by atoms with Gasteiger partial charge in [-0.05, 0) is 25.0 Å². The molecule has 25 heavy (non-hydrogen) atoms. The zero-order valence-corrected chi connectivity index (χ0v) is 15.0. The Balaban J connectivity index is 1.83. The van der Waals surface area contributed by atoms with Crippen LogP contribution in [-0.2, 0) is 17.1 Å². The predicted octanol–water partition coefficient (Wildman–Crippen LogP) is 0.678. The van der Waals surface area contributed by atoms with E-state index in [9.17, 15) is 13.2 Å². The molecule has 0 aliphatic carbocycles. The number of nitrogens with one attached hydrogen (secondary N) is 1. The molecule has 1 aliphatic heterocycles. The van der Waals surface area contributed by atoms with Gasteiger partial charge in [0.15, 0.2) is 0 Å². The van der Waals surface area contributed by atoms with Crippen molar-refractivity contribution in [2.75, 3.05) is 24.7 Å². The van der Waals surface area contributed by atoms with Gasteiger partial charge in [0.05, 0.1) is 11.9 Å². The van der Waals surface area contributed by atoms with Crippen LogP contribution < -0.4 is 10.9 Å². The molecular formula is C16H21N5O3S. The summed E-state index contributed by atoms with van der Waals surface area (Å²) in [6, 6.07) is 4.91. The molecule has 1 atom stereocenters. The number of aromatic nitrogens is 3. The van der Waals surface area contributed by atoms with Gasteiger partial charge >= 0.3 is 0 Å². The molecule has 134 valence electrons. The van der Waals surface area contributed by atoms with Crippen LogP contribution in [0.2, 0.25) is 0 Å². The summed E-state index contributed by atoms with van der Waals surface area (Å²) in [5.41, 5.74) is 1.17. The summed E-state index contributed by atoms with van der Waals surface area (Å²) in [5, 5.41) is 3.14. The van der Waals surface area contributed by atoms with Crippen LogP contribution in [0.4, 0.5) is 5.95 Å². The predicted molar refractivity (Wildman–Crippen MR) is 95.8 cm³/mol. The maximum atomic E-state index is 12.2. The van der Waals surface area contributed by atoms with Gasteiger partial charge < -0.3 is 5.32 Å². The van der Waals surface area contributed by atoms with Gasteiger partial charge in [-0.25, -0.2) is 13.4 Å². The van der Waals surface area contributed by atoms with Crippen molar-refractivity contribution in [2.45, 2.75) is 18.9 Å². The van der Waals surface area contributed by atoms with E-state index in [1.165, 1.54) is 21.2 Å². The molecule has 9 heteroatoms. The molecule has 2 aromatic rings. The van der Waals surface area contributed by atoms with E-state index in [0.717, 1.165) is 18.4 Å². The smallest absolute Gasteiger partial charge is 0.255 e. The average molecular weight is 363 g/mol. The van der Waals surface area contributed by atoms with Crippen LogP contribution in [0.1, 0.15) is 12.8 Å². The van der Waals surface area contributed by atoms with Gasteiger partial charge in [0.1, 0.15) is 0 Å². The minimum absolute atomic E-state index is 0.128. The molecule has 1 fully saturated rings. The molecule has 2 aromatic heterocycles. The first-order chi connectivity index (χ1) is 11.9. The van der Waals surface area contributed by atoms with Crippen molar-refractivity contribution < 1.29 is 8.42 Å². The number of hydrogen-bond acceptors (Lipinski definition) is 6. The van der Waals surface area contributed by atoms with Crippen LogP contribution >= 0.6 is 0 Å². The van der Waals surface area contributed by atoms with E-state index in [-0.39, 0.29) is 11.6 Å². The summed E-state index contributed by atoms with van der Waals surface area (Å²) in [4.78, 5) is 20.7. The summed E-state index contributed by atoms with van der Waals surface area (Å²) in [5.74, 6) is 0.416. The Hall–Kier alpha value is -2.26. The van der Waals surface area contributed by atoms with Crippen molar-refractivity contribution in [1.82, 2.24) is 18.8 Å². The Bertz CT molecular complexity index is 911. The maximum Gasteiger partial charge on any atom is 0.255 e. The Morgan fingerprint density at radius 1 is 1.32 bits per heavy atom. The summed E-state index contributed by atoms with van der Waals surface area (Å²) in [7, 11) is -1.59. The first-order valence-electron chi connectivity index (χ1n) is 8.05. The Kier molecular flexibility index (Phi) is 4.87. The lowest BCUT2D eigenvalue weighted by molar-refractivity contribution is 0.402. The minimum atomic E-state index is -3.23. The van der Waals surface area contributed by atoms with E-state index in [0.29, 0.717) is 24.7 Å². The highest BCUT2D eigenvalue weighted by Gasteiger charge is 2.31. The Morgan fingerprint density at radius 3 is 2.72 bits per heavy atom. The van der Waals surface area contributed by atoms with Gasteiger partial charge in [0.25, 0.3) is 5.56 Å². The lowest BCUT2D eigenvalue weighted by atomic mass is 10.2. The van der Waals surface area contributed by atoms with Gasteiger partial charge in [0.2, 0.25) is 16.0 Å². The van der Waals surface area contributed by atoms with E-state index in [1.54, 1.807) is 31.6 Å². The van der Waals surface area contributed by atoms with Crippen molar-refractivity contribution in [3.63, 3.8) is 0 Å². The lowest BCUT2D eigenvalue weighted by Gasteiger charge is -2.23. The zero-order chi connectivity index (χ0) is 18.0. The minimum Gasteiger partial charge on any atom is -0.354 e. The molecule has 1 saturated heterocycles. The van der Waals surface area contributed by atoms with Crippen LogP contribution in [-0.4, -0.2) is 52.6 Å². The highest BCUT2D eigenvalue weighted by Crippen LogP contribution is 2.21. The molecule has 3 rings (SSSR count). The van der Waals surface area contributed by atoms with Crippen LogP contribution in [0.3, 0.4) is 0 Å². The fourth-order valence-electron chi connectivity index (χ4n) is 3.03. The topological polar surface area (TPSA) is 97.2 Å². The van der Waals surface area contributed by atoms with Gasteiger partial charge in [-0.2, -0.15) is 4.31 Å². The van der Waals surface area contributed by atoms with Gasteiger partial charge in [-0.3, -0.25) is 14.3 Å². The third kappa shape index (κ3) is 3.88. The second kappa shape index (κ2) is 6.93. The quantitative estimate of drug-likeness (QED) is 0.839. The van der Waals surface area contributed by atoms with E-state index in [2.05, 4.69) is 15.3 Å². The molecule has 1 aliphatic rings. The number of sulfonamides is 1. The highest BCUT2D eigenvalue weighted by atomic mass is 32.2. The van der Waals surface area contributed by atoms with Crippen molar-refractivity contribution in [3.05, 3.63) is 40.9 Å². The third-order valence-electron chi connectivity index (χ3n) is 4.36. The second-order valence-corrected chi connectivity index (χ2v) is 8.08. The summed E-state index contributed by atoms with van der Waals surface area (Å²) in [6.07, 6.45) is 6.14. The van der Waals surface area contributed by atoms with Crippen LogP contribution in [0.5, 0.6) is 0 Å². The molecule has 3 heterocycles. The van der Waals surface area contributed by atoms with Gasteiger partial charge in [-0.1, -0.05) is 0 Å². The SMILES string of the molecule is Cn1c(NC[C@H]2CCCN2S(C)(=O)=O)nc(-c2ccncc2)cc1=O. The standard InChI is InChI=1S/C16H21N5O3S/c1-20-15(22)10-14(12-5-7-17-8-6-12)19-16(20)18-11-13-4-3-9-21(13)25(2,23)24/h5-8,10,13H,3-4,9,11H2,1-2H3,(H,18,19)/t13-/m1/s1. The van der Waals surface area contributed by atoms with Gasteiger partial charge in [0, 0.05) is 50.2 Å². The number of pyridine rings is 1. The number of anilines is 1. The summed E-state index contributed by atoms with van der Waals surface area (Å²) >= 11 is 0. The van der Waals surface area contributed by atoms with Crippen molar-refractivity contribution in [2.24, 2.45) is 7.05 Å². The van der Waals surface area contributed by atoms with E-state index >= 15 is 0 Å². The van der Waals surface area contributed by atoms with E-state index in [1.807, 2.05) is 0 Å². The molecule has 0 saturated carbocycles. The fraction of sp³-hybridized carbons (Fsp3) is 0.438. The van der Waals surface area contributed by atoms with E-state index in [4.69, 9.17) is 0 Å². The molecule has 1 N–H and O–H groups in total. The molecule has 0 aromatic carbocycles. The average Bonchev–Trinajstić information content (AvgIpc) is 3.06. The second-order valence-electron chi connectivity index (χ2n) is 6.15. The fourth-order valence-corrected chi connectivity index (χ4v) is 4.21. The van der Waals surface area contributed by atoms with Crippen LogP contribution in [0.25, 0.3) is 11.3 Å². The first kappa shape index (κ1) is 17.6. The number of hydrogen-bond donors (Lipinski definition) is 1. The number of rotatable bonds is 5. The molecule has 0 amide bonds. The van der Waals surface area contributed by atoms with Crippen molar-refractivity contribution >= 4 is 16.0 Å². The monoisotopic (exact) mass is 363 g/mol.